The summed E-state index contributed by atoms with van der Waals surface area (Å²) in [4.78, 5) is 23.9. The van der Waals surface area contributed by atoms with Gasteiger partial charge in [-0.2, -0.15) is 5.10 Å². The molecule has 158 valence electrons. The van der Waals surface area contributed by atoms with Crippen LogP contribution in [0.25, 0.3) is 22.4 Å². The third-order valence-corrected chi connectivity index (χ3v) is 5.04. The summed E-state index contributed by atoms with van der Waals surface area (Å²) >= 11 is 0. The van der Waals surface area contributed by atoms with Crippen LogP contribution < -0.4 is 10.9 Å². The van der Waals surface area contributed by atoms with E-state index >= 15 is 0 Å². The van der Waals surface area contributed by atoms with Gasteiger partial charge in [0.1, 0.15) is 0 Å². The SMILES string of the molecule is CCOC1=CC=C(c2cc(=O)n(C)cc2-c2cnn(-c3ccccc3C(=O)O)c2)CN1. The van der Waals surface area contributed by atoms with Gasteiger partial charge in [-0.1, -0.05) is 18.2 Å². The van der Waals surface area contributed by atoms with E-state index in [1.807, 2.05) is 19.1 Å². The van der Waals surface area contributed by atoms with E-state index in [-0.39, 0.29) is 11.1 Å². The van der Waals surface area contributed by atoms with E-state index in [1.165, 1.54) is 15.3 Å². The number of pyridine rings is 1. The van der Waals surface area contributed by atoms with E-state index in [4.69, 9.17) is 4.74 Å². The van der Waals surface area contributed by atoms with E-state index in [0.29, 0.717) is 24.7 Å². The second-order valence-corrected chi connectivity index (χ2v) is 7.06. The molecule has 0 unspecified atom stereocenters. The number of hydrogen-bond donors (Lipinski definition) is 2. The molecule has 3 heterocycles. The van der Waals surface area contributed by atoms with Gasteiger partial charge in [0.15, 0.2) is 5.88 Å². The first-order chi connectivity index (χ1) is 15.0. The number of nitrogens with zero attached hydrogens (tertiary/aromatic N) is 3. The van der Waals surface area contributed by atoms with Gasteiger partial charge >= 0.3 is 5.97 Å². The second kappa shape index (κ2) is 8.35. The molecule has 0 atom stereocenters. The maximum absolute atomic E-state index is 12.4. The number of carboxylic acids is 1. The molecule has 1 aliphatic heterocycles. The standard InChI is InChI=1S/C23H22N4O4/c1-3-31-21-9-8-15(11-24-21)18-10-22(28)26(2)14-19(18)16-12-25-27(13-16)20-7-5-4-6-17(20)23(29)30/h4-10,12-14,24H,3,11H2,1-2H3,(H,29,30). The predicted octanol–water partition coefficient (Wildman–Crippen LogP) is 2.80. The zero-order chi connectivity index (χ0) is 22.0. The number of ether oxygens (including phenoxy) is 1. The van der Waals surface area contributed by atoms with Crippen LogP contribution in [0.4, 0.5) is 0 Å². The van der Waals surface area contributed by atoms with Crippen molar-refractivity contribution in [3.05, 3.63) is 88.4 Å². The van der Waals surface area contributed by atoms with Crippen LogP contribution in [0.2, 0.25) is 0 Å². The summed E-state index contributed by atoms with van der Waals surface area (Å²) in [6.07, 6.45) is 8.98. The smallest absolute Gasteiger partial charge is 0.337 e. The highest BCUT2D eigenvalue weighted by atomic mass is 16.5. The van der Waals surface area contributed by atoms with Crippen LogP contribution in [-0.2, 0) is 11.8 Å². The molecule has 2 aromatic heterocycles. The number of hydrogen-bond acceptors (Lipinski definition) is 5. The number of allylic oxidation sites excluding steroid dienone is 2. The summed E-state index contributed by atoms with van der Waals surface area (Å²) in [5.41, 5.74) is 3.82. The van der Waals surface area contributed by atoms with Crippen molar-refractivity contribution in [3.8, 4) is 16.8 Å². The molecule has 31 heavy (non-hydrogen) atoms. The van der Waals surface area contributed by atoms with Crippen molar-refractivity contribution in [1.82, 2.24) is 19.7 Å². The largest absolute Gasteiger partial charge is 0.479 e. The molecule has 2 N–H and O–H groups in total. The zero-order valence-electron chi connectivity index (χ0n) is 17.2. The van der Waals surface area contributed by atoms with Crippen LogP contribution in [-0.4, -0.2) is 38.6 Å². The molecule has 0 spiro atoms. The second-order valence-electron chi connectivity index (χ2n) is 7.06. The number of para-hydroxylation sites is 1. The monoisotopic (exact) mass is 418 g/mol. The molecular formula is C23H22N4O4. The summed E-state index contributed by atoms with van der Waals surface area (Å²) < 4.78 is 8.54. The highest BCUT2D eigenvalue weighted by Crippen LogP contribution is 2.29. The Kier molecular flexibility index (Phi) is 5.44. The van der Waals surface area contributed by atoms with Gasteiger partial charge < -0.3 is 19.7 Å². The molecule has 0 aliphatic carbocycles. The van der Waals surface area contributed by atoms with Crippen LogP contribution >= 0.6 is 0 Å². The van der Waals surface area contributed by atoms with Crippen molar-refractivity contribution in [3.63, 3.8) is 0 Å². The average Bonchev–Trinajstić information content (AvgIpc) is 3.26. The zero-order valence-corrected chi connectivity index (χ0v) is 17.2. The topological polar surface area (TPSA) is 98.4 Å². The summed E-state index contributed by atoms with van der Waals surface area (Å²) in [6, 6.07) is 8.29. The van der Waals surface area contributed by atoms with Gasteiger partial charge in [0, 0.05) is 43.2 Å². The highest BCUT2D eigenvalue weighted by molar-refractivity contribution is 5.92. The lowest BCUT2D eigenvalue weighted by atomic mass is 9.96. The number of dihydropyridines is 1. The first-order valence-electron chi connectivity index (χ1n) is 9.84. The van der Waals surface area contributed by atoms with E-state index in [0.717, 1.165) is 22.3 Å². The number of nitrogens with one attached hydrogen (secondary N) is 1. The Morgan fingerprint density at radius 1 is 1.23 bits per heavy atom. The summed E-state index contributed by atoms with van der Waals surface area (Å²) in [5, 5.41) is 17.1. The van der Waals surface area contributed by atoms with Gasteiger partial charge in [0.2, 0.25) is 0 Å². The van der Waals surface area contributed by atoms with Crippen molar-refractivity contribution in [2.45, 2.75) is 6.92 Å². The first kappa shape index (κ1) is 20.2. The Labute approximate surface area is 178 Å². The molecule has 0 saturated carbocycles. The fourth-order valence-corrected chi connectivity index (χ4v) is 3.49. The number of aromatic nitrogens is 3. The molecule has 0 radical (unpaired) electrons. The molecule has 4 rings (SSSR count). The lowest BCUT2D eigenvalue weighted by molar-refractivity contribution is 0.0696. The molecular weight excluding hydrogens is 396 g/mol. The van der Waals surface area contributed by atoms with Crippen molar-refractivity contribution in [2.24, 2.45) is 7.05 Å². The fraction of sp³-hybridized carbons (Fsp3) is 0.174. The fourth-order valence-electron chi connectivity index (χ4n) is 3.49. The number of benzene rings is 1. The minimum Gasteiger partial charge on any atom is -0.479 e. The average molecular weight is 418 g/mol. The normalized spacial score (nSPS) is 13.2. The maximum atomic E-state index is 12.4. The van der Waals surface area contributed by atoms with Crippen LogP contribution in [0, 0.1) is 0 Å². The van der Waals surface area contributed by atoms with Crippen molar-refractivity contribution >= 4 is 11.5 Å². The summed E-state index contributed by atoms with van der Waals surface area (Å²) in [5.74, 6) is -0.333. The molecule has 3 aromatic rings. The van der Waals surface area contributed by atoms with Gasteiger partial charge in [0.25, 0.3) is 5.56 Å². The Bertz CT molecular complexity index is 1270. The lowest BCUT2D eigenvalue weighted by Gasteiger charge is -2.19. The summed E-state index contributed by atoms with van der Waals surface area (Å²) in [7, 11) is 1.69. The van der Waals surface area contributed by atoms with Crippen LogP contribution in [0.3, 0.4) is 0 Å². The van der Waals surface area contributed by atoms with Gasteiger partial charge in [-0.3, -0.25) is 4.79 Å². The lowest BCUT2D eigenvalue weighted by Crippen LogP contribution is -2.23. The van der Waals surface area contributed by atoms with E-state index < -0.39 is 5.97 Å². The maximum Gasteiger partial charge on any atom is 0.337 e. The van der Waals surface area contributed by atoms with Crippen molar-refractivity contribution in [2.75, 3.05) is 13.2 Å². The molecule has 0 amide bonds. The Balaban J connectivity index is 1.79. The first-order valence-corrected chi connectivity index (χ1v) is 9.84. The predicted molar refractivity (Wildman–Crippen MR) is 117 cm³/mol. The molecule has 0 fully saturated rings. The van der Waals surface area contributed by atoms with Crippen molar-refractivity contribution in [1.29, 1.82) is 0 Å². The van der Waals surface area contributed by atoms with E-state index in [2.05, 4.69) is 10.4 Å². The molecule has 0 saturated heterocycles. The number of aryl methyl sites for hydroxylation is 1. The minimum absolute atomic E-state index is 0.122. The Morgan fingerprint density at radius 2 is 2.03 bits per heavy atom. The van der Waals surface area contributed by atoms with E-state index in [9.17, 15) is 14.7 Å². The van der Waals surface area contributed by atoms with Crippen LogP contribution in [0.5, 0.6) is 0 Å². The van der Waals surface area contributed by atoms with Gasteiger partial charge in [-0.25, -0.2) is 9.48 Å². The molecule has 0 bridgehead atoms. The molecule has 8 heteroatoms. The van der Waals surface area contributed by atoms with Gasteiger partial charge in [0.05, 0.1) is 24.1 Å². The highest BCUT2D eigenvalue weighted by Gasteiger charge is 2.17. The number of aromatic carboxylic acids is 1. The molecule has 8 nitrogen and oxygen atoms in total. The van der Waals surface area contributed by atoms with Crippen molar-refractivity contribution < 1.29 is 14.6 Å². The van der Waals surface area contributed by atoms with Crippen LogP contribution in [0.15, 0.2) is 71.8 Å². The van der Waals surface area contributed by atoms with E-state index in [1.54, 1.807) is 49.9 Å². The molecule has 1 aliphatic rings. The van der Waals surface area contributed by atoms with Gasteiger partial charge in [-0.15, -0.1) is 0 Å². The third kappa shape index (κ3) is 4.00. The Morgan fingerprint density at radius 3 is 2.74 bits per heavy atom. The van der Waals surface area contributed by atoms with Crippen LogP contribution in [0.1, 0.15) is 22.8 Å². The quantitative estimate of drug-likeness (QED) is 0.639. The van der Waals surface area contributed by atoms with Gasteiger partial charge in [-0.05, 0) is 36.3 Å². The minimum atomic E-state index is -1.02. The summed E-state index contributed by atoms with van der Waals surface area (Å²) in [6.45, 7) is 3.00. The number of carboxylic acid groups (broad SMARTS) is 1. The third-order valence-electron chi connectivity index (χ3n) is 5.04. The molecule has 1 aromatic carbocycles. The Hall–Kier alpha value is -4.07. The number of rotatable bonds is 6. The number of carbonyl (C=O) groups is 1.